The normalized spacial score (nSPS) is 19.1. The van der Waals surface area contributed by atoms with E-state index < -0.39 is 0 Å². The van der Waals surface area contributed by atoms with Crippen LogP contribution in [-0.4, -0.2) is 33.4 Å². The van der Waals surface area contributed by atoms with Crippen LogP contribution in [0.4, 0.5) is 0 Å². The van der Waals surface area contributed by atoms with Gasteiger partial charge in [0, 0.05) is 23.7 Å². The van der Waals surface area contributed by atoms with Crippen LogP contribution in [0.3, 0.4) is 0 Å². The van der Waals surface area contributed by atoms with E-state index in [0.717, 1.165) is 36.3 Å². The third kappa shape index (κ3) is 2.99. The van der Waals surface area contributed by atoms with Crippen LogP contribution in [0.5, 0.6) is 5.75 Å². The van der Waals surface area contributed by atoms with E-state index in [2.05, 4.69) is 35.9 Å². The molecule has 130 valence electrons. The predicted octanol–water partition coefficient (Wildman–Crippen LogP) is 3.53. The fourth-order valence-corrected chi connectivity index (χ4v) is 3.54. The second-order valence-corrected chi connectivity index (χ2v) is 7.12. The van der Waals surface area contributed by atoms with Crippen molar-refractivity contribution in [2.24, 2.45) is 0 Å². The van der Waals surface area contributed by atoms with Gasteiger partial charge in [-0.1, -0.05) is 6.07 Å². The molecule has 1 aromatic heterocycles. The molecule has 25 heavy (non-hydrogen) atoms. The van der Waals surface area contributed by atoms with E-state index in [0.29, 0.717) is 18.3 Å². The van der Waals surface area contributed by atoms with Crippen LogP contribution >= 0.6 is 0 Å². The first-order valence-corrected chi connectivity index (χ1v) is 8.90. The van der Waals surface area contributed by atoms with Gasteiger partial charge in [0.1, 0.15) is 17.8 Å². The summed E-state index contributed by atoms with van der Waals surface area (Å²) in [5.74, 6) is 0.917. The first-order chi connectivity index (χ1) is 12.0. The van der Waals surface area contributed by atoms with E-state index in [1.807, 2.05) is 11.8 Å². The van der Waals surface area contributed by atoms with E-state index in [9.17, 15) is 4.79 Å². The zero-order valence-corrected chi connectivity index (χ0v) is 15.0. The highest BCUT2D eigenvalue weighted by molar-refractivity contribution is 5.93. The fourth-order valence-electron chi connectivity index (χ4n) is 3.54. The summed E-state index contributed by atoms with van der Waals surface area (Å²) in [6.07, 6.45) is 4.42. The summed E-state index contributed by atoms with van der Waals surface area (Å²) in [7, 11) is 0. The Morgan fingerprint density at radius 3 is 2.56 bits per heavy atom. The number of ether oxygens (including phenoxy) is 1. The first kappa shape index (κ1) is 16.1. The quantitative estimate of drug-likeness (QED) is 0.860. The Morgan fingerprint density at radius 2 is 1.84 bits per heavy atom. The summed E-state index contributed by atoms with van der Waals surface area (Å²) in [5, 5.41) is 0. The number of nitrogens with zero attached hydrogens (tertiary/aromatic N) is 3. The Labute approximate surface area is 148 Å². The molecule has 1 saturated carbocycles. The Bertz CT molecular complexity index is 830. The van der Waals surface area contributed by atoms with Crippen molar-refractivity contribution in [3.63, 3.8) is 0 Å². The molecule has 5 nitrogen and oxygen atoms in total. The molecule has 1 aliphatic heterocycles. The molecule has 4 rings (SSSR count). The van der Waals surface area contributed by atoms with Gasteiger partial charge < -0.3 is 9.64 Å². The first-order valence-electron chi connectivity index (χ1n) is 8.90. The van der Waals surface area contributed by atoms with Gasteiger partial charge in [0.25, 0.3) is 5.91 Å². The van der Waals surface area contributed by atoms with Crippen LogP contribution in [0.15, 0.2) is 24.5 Å². The second kappa shape index (κ2) is 6.14. The molecule has 0 spiro atoms. The maximum Gasteiger partial charge on any atom is 0.273 e. The average Bonchev–Trinajstić information content (AvgIpc) is 3.41. The minimum absolute atomic E-state index is 0.00378. The van der Waals surface area contributed by atoms with Crippen molar-refractivity contribution >= 4 is 5.91 Å². The molecule has 1 fully saturated rings. The highest BCUT2D eigenvalue weighted by Gasteiger charge is 2.41. The van der Waals surface area contributed by atoms with Gasteiger partial charge in [0.2, 0.25) is 0 Å². The fraction of sp³-hybridized carbons (Fsp3) is 0.450. The maximum absolute atomic E-state index is 13.2. The zero-order valence-electron chi connectivity index (χ0n) is 15.0. The minimum atomic E-state index is 0.00378. The molecular weight excluding hydrogens is 314 g/mol. The molecule has 1 amide bonds. The molecule has 0 N–H and O–H groups in total. The van der Waals surface area contributed by atoms with Crippen molar-refractivity contribution in [1.29, 1.82) is 0 Å². The lowest BCUT2D eigenvalue weighted by atomic mass is 9.94. The Kier molecular flexibility index (Phi) is 3.94. The number of amides is 1. The molecule has 5 heteroatoms. The number of hydrogen-bond donors (Lipinski definition) is 0. The lowest BCUT2D eigenvalue weighted by Crippen LogP contribution is -2.39. The lowest BCUT2D eigenvalue weighted by Gasteiger charge is -2.36. The van der Waals surface area contributed by atoms with Gasteiger partial charge >= 0.3 is 0 Å². The number of fused-ring (bicyclic) bond motifs is 1. The SMILES string of the molecule is Cc1cc(C(=O)N(C2CC2)C2CCOc3cc(C)c(C)cc32)ncn1. The van der Waals surface area contributed by atoms with Crippen molar-refractivity contribution in [3.8, 4) is 5.75 Å². The Morgan fingerprint density at radius 1 is 1.08 bits per heavy atom. The minimum Gasteiger partial charge on any atom is -0.493 e. The zero-order chi connectivity index (χ0) is 17.6. The summed E-state index contributed by atoms with van der Waals surface area (Å²) in [5.41, 5.74) is 4.87. The number of benzene rings is 1. The van der Waals surface area contributed by atoms with Crippen LogP contribution in [0.25, 0.3) is 0 Å². The van der Waals surface area contributed by atoms with Crippen molar-refractivity contribution in [2.45, 2.75) is 52.1 Å². The van der Waals surface area contributed by atoms with Gasteiger partial charge in [-0.2, -0.15) is 0 Å². The van der Waals surface area contributed by atoms with Crippen LogP contribution in [0.2, 0.25) is 0 Å². The summed E-state index contributed by atoms with van der Waals surface area (Å²) in [4.78, 5) is 23.6. The lowest BCUT2D eigenvalue weighted by molar-refractivity contribution is 0.0595. The van der Waals surface area contributed by atoms with Crippen molar-refractivity contribution in [3.05, 3.63) is 52.6 Å². The van der Waals surface area contributed by atoms with Gasteiger partial charge in [-0.25, -0.2) is 9.97 Å². The van der Waals surface area contributed by atoms with Gasteiger partial charge in [-0.05, 0) is 56.9 Å². The Balaban J connectivity index is 1.74. The van der Waals surface area contributed by atoms with Gasteiger partial charge in [-0.15, -0.1) is 0 Å². The van der Waals surface area contributed by atoms with E-state index >= 15 is 0 Å². The number of carbonyl (C=O) groups is 1. The highest BCUT2D eigenvalue weighted by Crippen LogP contribution is 2.43. The van der Waals surface area contributed by atoms with E-state index in [1.165, 1.54) is 17.5 Å². The predicted molar refractivity (Wildman–Crippen MR) is 94.7 cm³/mol. The third-order valence-electron chi connectivity index (χ3n) is 5.17. The molecule has 1 aromatic carbocycles. The highest BCUT2D eigenvalue weighted by atomic mass is 16.5. The molecule has 0 saturated heterocycles. The maximum atomic E-state index is 13.2. The molecule has 0 bridgehead atoms. The number of aromatic nitrogens is 2. The van der Waals surface area contributed by atoms with Crippen LogP contribution in [0, 0.1) is 20.8 Å². The number of aryl methyl sites for hydroxylation is 3. The van der Waals surface area contributed by atoms with Crippen molar-refractivity contribution in [2.75, 3.05) is 6.61 Å². The van der Waals surface area contributed by atoms with Crippen molar-refractivity contribution in [1.82, 2.24) is 14.9 Å². The molecule has 1 atom stereocenters. The molecule has 1 unspecified atom stereocenters. The third-order valence-corrected chi connectivity index (χ3v) is 5.17. The van der Waals surface area contributed by atoms with Gasteiger partial charge in [0.15, 0.2) is 0 Å². The van der Waals surface area contributed by atoms with Crippen molar-refractivity contribution < 1.29 is 9.53 Å². The monoisotopic (exact) mass is 337 g/mol. The molecule has 2 heterocycles. The Hall–Kier alpha value is -2.43. The summed E-state index contributed by atoms with van der Waals surface area (Å²) in [6, 6.07) is 6.42. The molecule has 0 radical (unpaired) electrons. The topological polar surface area (TPSA) is 55.3 Å². The second-order valence-electron chi connectivity index (χ2n) is 7.12. The standard InChI is InChI=1S/C20H23N3O2/c1-12-8-16-18(6-7-25-19(16)9-13(12)2)23(15-4-5-15)20(24)17-10-14(3)21-11-22-17/h8-11,15,18H,4-7H2,1-3H3. The van der Waals surface area contributed by atoms with E-state index in [4.69, 9.17) is 4.74 Å². The molecule has 2 aliphatic rings. The van der Waals surface area contributed by atoms with Gasteiger partial charge in [-0.3, -0.25) is 4.79 Å². The summed E-state index contributed by atoms with van der Waals surface area (Å²) < 4.78 is 5.88. The molecular formula is C20H23N3O2. The average molecular weight is 337 g/mol. The summed E-state index contributed by atoms with van der Waals surface area (Å²) >= 11 is 0. The number of rotatable bonds is 3. The van der Waals surface area contributed by atoms with E-state index in [1.54, 1.807) is 6.07 Å². The van der Waals surface area contributed by atoms with Gasteiger partial charge in [0.05, 0.1) is 12.6 Å². The summed E-state index contributed by atoms with van der Waals surface area (Å²) in [6.45, 7) is 6.73. The smallest absolute Gasteiger partial charge is 0.273 e. The molecule has 1 aliphatic carbocycles. The number of hydrogen-bond acceptors (Lipinski definition) is 4. The van der Waals surface area contributed by atoms with Crippen LogP contribution in [-0.2, 0) is 0 Å². The number of carbonyl (C=O) groups excluding carboxylic acids is 1. The van der Waals surface area contributed by atoms with Crippen LogP contribution in [0.1, 0.15) is 58.2 Å². The van der Waals surface area contributed by atoms with Crippen LogP contribution < -0.4 is 4.74 Å². The molecule has 2 aromatic rings. The van der Waals surface area contributed by atoms with E-state index in [-0.39, 0.29) is 11.9 Å². The largest absolute Gasteiger partial charge is 0.493 e.